The third-order valence-corrected chi connectivity index (χ3v) is 16.6. The molecule has 0 spiro atoms. The second kappa shape index (κ2) is 71.8. The highest BCUT2D eigenvalue weighted by Gasteiger charge is 2.30. The number of phosphoric acid groups is 2. The standard InChI is InChI=1S/C81H130O17P2/c1-5-9-13-17-21-25-29-32-35-36-37-38-41-43-47-50-54-58-62-66-79(84)92-72-77(98-81(86)68-64-60-56-52-48-44-40-34-31-27-23-19-15-11-7-3)74-96-100(89,90)94-70-75(82)69-93-99(87,88)95-73-76(97-80(85)67-63-59-55-51-45-28-24-20-16-12-8-4)71-91-78(83)65-61-57-53-49-46-42-39-33-30-26-22-18-14-10-6-2/h9-11,13-15,21-23,25-27,32-35,37-40,43,46-47,49,54,57-58,61,75-77,82H,5-8,12,16-20,24,28-31,36,41-42,44-45,48,50-53,55-56,59-60,62-74H2,1-4H3,(H,87,88)(H,89,90)/b13-9-,14-10-,15-11-,25-21-,26-22-,27-23-,35-32-,38-37-,39-33-,40-34-,47-43-,49-46-,58-54-,61-57-. The van der Waals surface area contributed by atoms with Crippen molar-refractivity contribution in [2.45, 2.75) is 277 Å². The number of carbonyl (C=O) groups excluding carboxylic acids is 4. The van der Waals surface area contributed by atoms with E-state index in [1.54, 1.807) is 6.08 Å². The Morgan fingerprint density at radius 1 is 0.300 bits per heavy atom. The zero-order valence-corrected chi connectivity index (χ0v) is 63.3. The van der Waals surface area contributed by atoms with Gasteiger partial charge in [0, 0.05) is 19.3 Å². The summed E-state index contributed by atoms with van der Waals surface area (Å²) in [6, 6.07) is 0. The van der Waals surface area contributed by atoms with Crippen LogP contribution in [0.15, 0.2) is 170 Å². The minimum absolute atomic E-state index is 0.0246. The molecule has 0 radical (unpaired) electrons. The van der Waals surface area contributed by atoms with Crippen LogP contribution in [0.2, 0.25) is 0 Å². The Hall–Kier alpha value is -5.58. The number of carbonyl (C=O) groups is 4. The van der Waals surface area contributed by atoms with Crippen molar-refractivity contribution in [2.24, 2.45) is 0 Å². The van der Waals surface area contributed by atoms with Gasteiger partial charge in [-0.2, -0.15) is 0 Å². The van der Waals surface area contributed by atoms with Crippen LogP contribution in [0, 0.1) is 0 Å². The number of ether oxygens (including phenoxy) is 4. The first-order valence-corrected chi connectivity index (χ1v) is 40.4. The molecule has 0 fully saturated rings. The summed E-state index contributed by atoms with van der Waals surface area (Å²) in [4.78, 5) is 72.7. The van der Waals surface area contributed by atoms with Gasteiger partial charge in [-0.25, -0.2) is 9.13 Å². The maximum Gasteiger partial charge on any atom is 0.472 e. The van der Waals surface area contributed by atoms with E-state index in [0.717, 1.165) is 135 Å². The topological polar surface area (TPSA) is 237 Å². The highest BCUT2D eigenvalue weighted by molar-refractivity contribution is 7.47. The Bertz CT molecular complexity index is 2570. The average Bonchev–Trinajstić information content (AvgIpc) is 0.985. The van der Waals surface area contributed by atoms with E-state index in [4.69, 9.17) is 37.0 Å². The molecule has 3 N–H and O–H groups in total. The van der Waals surface area contributed by atoms with E-state index in [1.165, 1.54) is 38.5 Å². The number of phosphoric ester groups is 2. The number of rotatable bonds is 68. The summed E-state index contributed by atoms with van der Waals surface area (Å²) in [5.74, 6) is -2.45. The van der Waals surface area contributed by atoms with E-state index in [0.29, 0.717) is 32.1 Å². The molecule has 5 atom stereocenters. The quantitative estimate of drug-likeness (QED) is 0.0169. The Labute approximate surface area is 603 Å². The SMILES string of the molecule is CC/C=C\C/C=C\C/C=C\C/C=C\C/C=C\C/C=C\CCC(=O)OCC(COP(=O)(O)OCC(O)COP(=O)(O)OCC(COC(=O)C/C=C\C/C=C\C/C=C\C/C=C\C/C=C\CC)OC(=O)CCCCCCCCCCCCC)OC(=O)CCCCCCC/C=C\C/C=C\C/C=C\CC. The molecule has 0 aliphatic rings. The normalized spacial score (nSPS) is 14.9. The van der Waals surface area contributed by atoms with Gasteiger partial charge in [0.2, 0.25) is 0 Å². The van der Waals surface area contributed by atoms with E-state index in [-0.39, 0.29) is 25.7 Å². The fourth-order valence-electron chi connectivity index (χ4n) is 9.16. The Kier molecular flexibility index (Phi) is 67.8. The molecule has 0 aliphatic heterocycles. The molecular weight excluding hydrogens is 1310 g/mol. The van der Waals surface area contributed by atoms with Crippen molar-refractivity contribution in [1.29, 1.82) is 0 Å². The van der Waals surface area contributed by atoms with E-state index in [2.05, 4.69) is 155 Å². The molecule has 0 aromatic heterocycles. The molecule has 0 bridgehead atoms. The largest absolute Gasteiger partial charge is 0.472 e. The van der Waals surface area contributed by atoms with E-state index in [9.17, 15) is 43.2 Å². The molecule has 0 saturated heterocycles. The number of hydrogen-bond donors (Lipinski definition) is 3. The molecule has 0 heterocycles. The molecule has 0 aliphatic carbocycles. The lowest BCUT2D eigenvalue weighted by Gasteiger charge is -2.21. The lowest BCUT2D eigenvalue weighted by atomic mass is 10.1. The lowest BCUT2D eigenvalue weighted by Crippen LogP contribution is -2.30. The van der Waals surface area contributed by atoms with Crippen molar-refractivity contribution in [1.82, 2.24) is 0 Å². The van der Waals surface area contributed by atoms with Gasteiger partial charge in [-0.3, -0.25) is 37.3 Å². The van der Waals surface area contributed by atoms with Crippen molar-refractivity contribution >= 4 is 39.5 Å². The maximum atomic E-state index is 13.1. The van der Waals surface area contributed by atoms with Gasteiger partial charge in [0.1, 0.15) is 19.3 Å². The molecule has 5 unspecified atom stereocenters. The van der Waals surface area contributed by atoms with Crippen molar-refractivity contribution < 1.29 is 80.2 Å². The number of aliphatic hydroxyl groups is 1. The van der Waals surface area contributed by atoms with Crippen LogP contribution in [-0.2, 0) is 65.4 Å². The second-order valence-electron chi connectivity index (χ2n) is 24.1. The van der Waals surface area contributed by atoms with E-state index in [1.807, 2.05) is 36.5 Å². The summed E-state index contributed by atoms with van der Waals surface area (Å²) in [7, 11) is -10.0. The minimum atomic E-state index is -5.01. The number of aliphatic hydroxyl groups excluding tert-OH is 1. The molecule has 0 amide bonds. The zero-order chi connectivity index (χ0) is 73.2. The van der Waals surface area contributed by atoms with Gasteiger partial charge >= 0.3 is 39.5 Å². The van der Waals surface area contributed by atoms with Crippen molar-refractivity contribution in [3.8, 4) is 0 Å². The molecule has 0 rings (SSSR count). The first-order valence-electron chi connectivity index (χ1n) is 37.4. The van der Waals surface area contributed by atoms with Crippen molar-refractivity contribution in [2.75, 3.05) is 39.6 Å². The molecule has 17 nitrogen and oxygen atoms in total. The summed E-state index contributed by atoms with van der Waals surface area (Å²) < 4.78 is 68.2. The minimum Gasteiger partial charge on any atom is -0.462 e. The third kappa shape index (κ3) is 70.8. The Morgan fingerprint density at radius 3 is 0.930 bits per heavy atom. The summed E-state index contributed by atoms with van der Waals surface area (Å²) in [6.45, 7) is 4.27. The van der Waals surface area contributed by atoms with Crippen molar-refractivity contribution in [3.05, 3.63) is 170 Å². The number of unbranched alkanes of at least 4 members (excludes halogenated alkanes) is 15. The van der Waals surface area contributed by atoms with Gasteiger partial charge in [-0.15, -0.1) is 0 Å². The van der Waals surface area contributed by atoms with Crippen LogP contribution in [0.1, 0.15) is 259 Å². The number of hydrogen-bond acceptors (Lipinski definition) is 15. The van der Waals surface area contributed by atoms with Gasteiger partial charge in [-0.1, -0.05) is 281 Å². The van der Waals surface area contributed by atoms with Crippen LogP contribution < -0.4 is 0 Å². The van der Waals surface area contributed by atoms with Crippen LogP contribution in [-0.4, -0.2) is 96.7 Å². The van der Waals surface area contributed by atoms with Crippen LogP contribution in [0.25, 0.3) is 0 Å². The Balaban J connectivity index is 5.49. The van der Waals surface area contributed by atoms with Crippen molar-refractivity contribution in [3.63, 3.8) is 0 Å². The monoisotopic (exact) mass is 1440 g/mol. The second-order valence-corrected chi connectivity index (χ2v) is 27.0. The van der Waals surface area contributed by atoms with Gasteiger partial charge in [0.15, 0.2) is 12.2 Å². The predicted octanol–water partition coefficient (Wildman–Crippen LogP) is 21.4. The molecule has 0 saturated carbocycles. The van der Waals surface area contributed by atoms with Crippen LogP contribution in [0.5, 0.6) is 0 Å². The summed E-state index contributed by atoms with van der Waals surface area (Å²) >= 11 is 0. The van der Waals surface area contributed by atoms with E-state index >= 15 is 0 Å². The number of allylic oxidation sites excluding steroid dienone is 27. The molecule has 0 aromatic carbocycles. The molecular formula is C81H130O17P2. The highest BCUT2D eigenvalue weighted by Crippen LogP contribution is 2.45. The average molecular weight is 1440 g/mol. The summed E-state index contributed by atoms with van der Waals surface area (Å²) in [5, 5.41) is 10.6. The molecule has 566 valence electrons. The van der Waals surface area contributed by atoms with Gasteiger partial charge in [-0.05, 0) is 122 Å². The molecule has 19 heteroatoms. The Morgan fingerprint density at radius 2 is 0.580 bits per heavy atom. The fraction of sp³-hybridized carbons (Fsp3) is 0.605. The van der Waals surface area contributed by atoms with Crippen LogP contribution in [0.4, 0.5) is 0 Å². The van der Waals surface area contributed by atoms with Gasteiger partial charge < -0.3 is 33.8 Å². The van der Waals surface area contributed by atoms with Gasteiger partial charge in [0.05, 0.1) is 32.8 Å². The van der Waals surface area contributed by atoms with E-state index < -0.39 is 97.5 Å². The molecule has 100 heavy (non-hydrogen) atoms. The molecule has 0 aromatic rings. The highest BCUT2D eigenvalue weighted by atomic mass is 31.2. The smallest absolute Gasteiger partial charge is 0.462 e. The van der Waals surface area contributed by atoms with Gasteiger partial charge in [0.25, 0.3) is 0 Å². The summed E-state index contributed by atoms with van der Waals surface area (Å²) in [5.41, 5.74) is 0. The zero-order valence-electron chi connectivity index (χ0n) is 61.5. The maximum absolute atomic E-state index is 13.1. The van der Waals surface area contributed by atoms with Crippen LogP contribution >= 0.6 is 15.6 Å². The first kappa shape index (κ1) is 94.4. The third-order valence-electron chi connectivity index (χ3n) is 14.7. The first-order chi connectivity index (χ1) is 48.7. The van der Waals surface area contributed by atoms with Crippen LogP contribution in [0.3, 0.4) is 0 Å². The summed E-state index contributed by atoms with van der Waals surface area (Å²) in [6.07, 6.45) is 84.0. The fourth-order valence-corrected chi connectivity index (χ4v) is 10.7. The lowest BCUT2D eigenvalue weighted by molar-refractivity contribution is -0.161. The predicted molar refractivity (Wildman–Crippen MR) is 408 cm³/mol. The number of esters is 4.